The highest BCUT2D eigenvalue weighted by Crippen LogP contribution is 2.20. The van der Waals surface area contributed by atoms with Gasteiger partial charge in [-0.2, -0.15) is 0 Å². The summed E-state index contributed by atoms with van der Waals surface area (Å²) in [4.78, 5) is 31.3. The quantitative estimate of drug-likeness (QED) is 0.842. The number of carbonyl (C=O) groups is 2. The van der Waals surface area contributed by atoms with Crippen LogP contribution in [0.15, 0.2) is 48.5 Å². The first-order valence-electron chi connectivity index (χ1n) is 10.1. The predicted octanol–water partition coefficient (Wildman–Crippen LogP) is 2.65. The van der Waals surface area contributed by atoms with Crippen LogP contribution in [0.4, 0.5) is 20.6 Å². The van der Waals surface area contributed by atoms with Crippen molar-refractivity contribution in [2.45, 2.75) is 0 Å². The van der Waals surface area contributed by atoms with Crippen molar-refractivity contribution in [3.63, 3.8) is 0 Å². The van der Waals surface area contributed by atoms with Gasteiger partial charge in [-0.15, -0.1) is 0 Å². The van der Waals surface area contributed by atoms with Crippen LogP contribution in [0.25, 0.3) is 0 Å². The molecule has 8 heteroatoms. The van der Waals surface area contributed by atoms with Crippen LogP contribution in [0.3, 0.4) is 0 Å². The van der Waals surface area contributed by atoms with Crippen molar-refractivity contribution in [3.05, 3.63) is 59.9 Å². The zero-order valence-corrected chi connectivity index (χ0v) is 16.7. The van der Waals surface area contributed by atoms with E-state index in [4.69, 9.17) is 4.74 Å². The normalized spacial score (nSPS) is 17.0. The largest absolute Gasteiger partial charge is 0.378 e. The lowest BCUT2D eigenvalue weighted by molar-refractivity contribution is 0.0303. The van der Waals surface area contributed by atoms with Crippen LogP contribution in [0, 0.1) is 5.82 Å². The van der Waals surface area contributed by atoms with E-state index in [2.05, 4.69) is 10.2 Å². The Hall–Kier alpha value is -3.13. The van der Waals surface area contributed by atoms with Gasteiger partial charge in [-0.05, 0) is 36.4 Å². The number of amides is 3. The molecular formula is C22H25FN4O3. The molecule has 0 saturated carbocycles. The number of anilines is 2. The summed E-state index contributed by atoms with van der Waals surface area (Å²) in [5.74, 6) is -0.364. The molecule has 158 valence electrons. The summed E-state index contributed by atoms with van der Waals surface area (Å²) in [6.45, 7) is 4.56. The molecule has 2 aliphatic heterocycles. The number of morpholine rings is 1. The maximum Gasteiger partial charge on any atom is 0.321 e. The van der Waals surface area contributed by atoms with Crippen molar-refractivity contribution in [2.75, 3.05) is 62.7 Å². The van der Waals surface area contributed by atoms with Gasteiger partial charge in [0.05, 0.1) is 24.5 Å². The van der Waals surface area contributed by atoms with Crippen molar-refractivity contribution in [1.82, 2.24) is 9.80 Å². The van der Waals surface area contributed by atoms with Crippen LogP contribution < -0.4 is 10.2 Å². The Bertz CT molecular complexity index is 892. The summed E-state index contributed by atoms with van der Waals surface area (Å²) in [5.41, 5.74) is 1.94. The molecule has 1 N–H and O–H groups in total. The Balaban J connectivity index is 1.37. The van der Waals surface area contributed by atoms with Gasteiger partial charge in [-0.3, -0.25) is 4.79 Å². The minimum Gasteiger partial charge on any atom is -0.378 e. The molecule has 0 bridgehead atoms. The number of nitrogens with zero attached hydrogens (tertiary/aromatic N) is 3. The van der Waals surface area contributed by atoms with Gasteiger partial charge in [-0.1, -0.05) is 12.1 Å². The molecule has 2 aliphatic rings. The van der Waals surface area contributed by atoms with Crippen molar-refractivity contribution in [3.8, 4) is 0 Å². The maximum absolute atomic E-state index is 13.1. The van der Waals surface area contributed by atoms with Crippen LogP contribution in [-0.2, 0) is 4.74 Å². The first kappa shape index (κ1) is 20.2. The number of benzene rings is 2. The lowest BCUT2D eigenvalue weighted by Gasteiger charge is -2.36. The van der Waals surface area contributed by atoms with E-state index in [-0.39, 0.29) is 17.8 Å². The molecule has 7 nitrogen and oxygen atoms in total. The van der Waals surface area contributed by atoms with E-state index in [0.717, 1.165) is 5.69 Å². The molecule has 2 saturated heterocycles. The molecule has 3 amide bonds. The number of para-hydroxylation sites is 1. The number of hydrogen-bond acceptors (Lipinski definition) is 4. The van der Waals surface area contributed by atoms with Gasteiger partial charge in [0.1, 0.15) is 5.82 Å². The molecule has 0 aromatic heterocycles. The smallest absolute Gasteiger partial charge is 0.321 e. The molecular weight excluding hydrogens is 387 g/mol. The summed E-state index contributed by atoms with van der Waals surface area (Å²) in [6.07, 6.45) is 0. The number of piperazine rings is 1. The number of ether oxygens (including phenoxy) is 1. The number of nitrogens with one attached hydrogen (secondary N) is 1. The first-order valence-corrected chi connectivity index (χ1v) is 10.1. The number of hydrogen-bond donors (Lipinski definition) is 1. The van der Waals surface area contributed by atoms with Crippen LogP contribution >= 0.6 is 0 Å². The lowest BCUT2D eigenvalue weighted by Crippen LogP contribution is -2.50. The Kier molecular flexibility index (Phi) is 6.13. The SMILES string of the molecule is O=C(Nc1ccccc1C(=O)N1CCOCC1)N1CCN(c2ccc(F)cc2)CC1. The molecule has 2 aromatic rings. The number of rotatable bonds is 3. The van der Waals surface area contributed by atoms with E-state index >= 15 is 0 Å². The second kappa shape index (κ2) is 9.13. The molecule has 0 aliphatic carbocycles. The van der Waals surface area contributed by atoms with Crippen LogP contribution in [-0.4, -0.2) is 74.2 Å². The second-order valence-electron chi connectivity index (χ2n) is 7.33. The Morgan fingerprint density at radius 3 is 2.20 bits per heavy atom. The highest BCUT2D eigenvalue weighted by molar-refractivity contribution is 6.03. The average Bonchev–Trinajstić information content (AvgIpc) is 2.80. The number of halogens is 1. The van der Waals surface area contributed by atoms with Crippen molar-refractivity contribution in [1.29, 1.82) is 0 Å². The molecule has 0 unspecified atom stereocenters. The van der Waals surface area contributed by atoms with Gasteiger partial charge >= 0.3 is 6.03 Å². The highest BCUT2D eigenvalue weighted by Gasteiger charge is 2.24. The van der Waals surface area contributed by atoms with E-state index in [1.165, 1.54) is 12.1 Å². The zero-order chi connectivity index (χ0) is 20.9. The van der Waals surface area contributed by atoms with Gasteiger partial charge in [0.25, 0.3) is 5.91 Å². The fourth-order valence-corrected chi connectivity index (χ4v) is 3.73. The predicted molar refractivity (Wildman–Crippen MR) is 112 cm³/mol. The minimum absolute atomic E-state index is 0.102. The molecule has 0 atom stereocenters. The minimum atomic E-state index is -0.262. The number of urea groups is 1. The van der Waals surface area contributed by atoms with Crippen molar-refractivity contribution in [2.24, 2.45) is 0 Å². The fourth-order valence-electron chi connectivity index (χ4n) is 3.73. The second-order valence-corrected chi connectivity index (χ2v) is 7.33. The third-order valence-electron chi connectivity index (χ3n) is 5.46. The average molecular weight is 412 g/mol. The van der Waals surface area contributed by atoms with Gasteiger partial charge < -0.3 is 24.8 Å². The van der Waals surface area contributed by atoms with E-state index in [1.54, 1.807) is 46.2 Å². The van der Waals surface area contributed by atoms with Crippen LogP contribution in [0.1, 0.15) is 10.4 Å². The monoisotopic (exact) mass is 412 g/mol. The molecule has 2 aromatic carbocycles. The molecule has 4 rings (SSSR count). The standard InChI is InChI=1S/C22H25FN4O3/c23-17-5-7-18(8-6-17)25-9-11-27(12-10-25)22(29)24-20-4-2-1-3-19(20)21(28)26-13-15-30-16-14-26/h1-8H,9-16H2,(H,24,29). The summed E-state index contributed by atoms with van der Waals surface area (Å²) < 4.78 is 18.4. The summed E-state index contributed by atoms with van der Waals surface area (Å²) in [7, 11) is 0. The van der Waals surface area contributed by atoms with Crippen molar-refractivity contribution >= 4 is 23.3 Å². The zero-order valence-electron chi connectivity index (χ0n) is 16.7. The lowest BCUT2D eigenvalue weighted by atomic mass is 10.1. The summed E-state index contributed by atoms with van der Waals surface area (Å²) >= 11 is 0. The molecule has 30 heavy (non-hydrogen) atoms. The van der Waals surface area contributed by atoms with E-state index < -0.39 is 0 Å². The topological polar surface area (TPSA) is 65.1 Å². The van der Waals surface area contributed by atoms with E-state index in [1.807, 2.05) is 0 Å². The Labute approximate surface area is 175 Å². The fraction of sp³-hybridized carbons (Fsp3) is 0.364. The molecule has 2 fully saturated rings. The van der Waals surface area contributed by atoms with Crippen LogP contribution in [0.2, 0.25) is 0 Å². The Morgan fingerprint density at radius 1 is 0.833 bits per heavy atom. The molecule has 0 radical (unpaired) electrons. The van der Waals surface area contributed by atoms with Gasteiger partial charge in [0, 0.05) is 45.0 Å². The Morgan fingerprint density at radius 2 is 1.50 bits per heavy atom. The highest BCUT2D eigenvalue weighted by atomic mass is 19.1. The van der Waals surface area contributed by atoms with Crippen LogP contribution in [0.5, 0.6) is 0 Å². The van der Waals surface area contributed by atoms with Gasteiger partial charge in [-0.25, -0.2) is 9.18 Å². The summed E-state index contributed by atoms with van der Waals surface area (Å²) in [5, 5.41) is 2.90. The van der Waals surface area contributed by atoms with E-state index in [0.29, 0.717) is 63.7 Å². The van der Waals surface area contributed by atoms with Gasteiger partial charge in [0.15, 0.2) is 0 Å². The third kappa shape index (κ3) is 4.54. The first-order chi connectivity index (χ1) is 14.6. The third-order valence-corrected chi connectivity index (χ3v) is 5.46. The maximum atomic E-state index is 13.1. The molecule has 2 heterocycles. The molecule has 0 spiro atoms. The van der Waals surface area contributed by atoms with Gasteiger partial charge in [0.2, 0.25) is 0 Å². The summed E-state index contributed by atoms with van der Waals surface area (Å²) in [6, 6.07) is 13.2. The number of carbonyl (C=O) groups excluding carboxylic acids is 2. The van der Waals surface area contributed by atoms with Crippen molar-refractivity contribution < 1.29 is 18.7 Å². The van der Waals surface area contributed by atoms with E-state index in [9.17, 15) is 14.0 Å².